The lowest BCUT2D eigenvalue weighted by Gasteiger charge is -2.20. The topological polar surface area (TPSA) is 130 Å². The summed E-state index contributed by atoms with van der Waals surface area (Å²) in [6, 6.07) is 18.6. The van der Waals surface area contributed by atoms with Gasteiger partial charge in [0, 0.05) is 31.3 Å². The van der Waals surface area contributed by atoms with E-state index in [-0.39, 0.29) is 25.5 Å². The predicted octanol–water partition coefficient (Wildman–Crippen LogP) is 2.68. The lowest BCUT2D eigenvalue weighted by atomic mass is 9.98. The summed E-state index contributed by atoms with van der Waals surface area (Å²) in [6.07, 6.45) is -0.0452. The Balaban J connectivity index is 1.41. The molecule has 2 aromatic carbocycles. The Morgan fingerprint density at radius 2 is 1.66 bits per heavy atom. The molecule has 0 saturated heterocycles. The van der Waals surface area contributed by atoms with Gasteiger partial charge in [0.05, 0.1) is 6.54 Å². The van der Waals surface area contributed by atoms with Gasteiger partial charge in [-0.3, -0.25) is 4.79 Å². The van der Waals surface area contributed by atoms with Crippen molar-refractivity contribution in [3.8, 4) is 11.1 Å². The van der Waals surface area contributed by atoms with Crippen molar-refractivity contribution in [2.24, 2.45) is 0 Å². The number of nitrogens with one attached hydrogen (secondary N) is 3. The van der Waals surface area contributed by atoms with E-state index in [0.717, 1.165) is 27.9 Å². The zero-order valence-corrected chi connectivity index (χ0v) is 19.2. The monoisotopic (exact) mass is 477 g/mol. The number of hydrogen-bond donors (Lipinski definition) is 4. The van der Waals surface area contributed by atoms with Crippen molar-refractivity contribution < 1.29 is 29.0 Å². The Hall–Kier alpha value is -4.11. The Morgan fingerprint density at radius 1 is 1.00 bits per heavy atom. The van der Waals surface area contributed by atoms with Gasteiger partial charge in [-0.1, -0.05) is 48.5 Å². The fourth-order valence-electron chi connectivity index (χ4n) is 4.29. The van der Waals surface area contributed by atoms with E-state index in [0.29, 0.717) is 0 Å². The number of aromatic amines is 1. The fourth-order valence-corrected chi connectivity index (χ4v) is 4.29. The molecule has 0 bridgehead atoms. The van der Waals surface area contributed by atoms with Crippen LogP contribution in [-0.2, 0) is 25.5 Å². The summed E-state index contributed by atoms with van der Waals surface area (Å²) in [5, 5.41) is 14.3. The minimum Gasteiger partial charge on any atom is -0.479 e. The highest BCUT2D eigenvalue weighted by Gasteiger charge is 2.30. The molecule has 1 aliphatic rings. The van der Waals surface area contributed by atoms with Crippen LogP contribution in [-0.4, -0.2) is 60.5 Å². The molecule has 4 N–H and O–H groups in total. The van der Waals surface area contributed by atoms with Crippen LogP contribution in [0.15, 0.2) is 66.9 Å². The molecule has 0 aliphatic heterocycles. The van der Waals surface area contributed by atoms with Crippen molar-refractivity contribution in [2.75, 3.05) is 20.3 Å². The molecule has 2 atom stereocenters. The first-order valence-corrected chi connectivity index (χ1v) is 11.2. The second-order valence-electron chi connectivity index (χ2n) is 8.23. The summed E-state index contributed by atoms with van der Waals surface area (Å²) < 4.78 is 10.4. The number of rotatable bonds is 10. The third kappa shape index (κ3) is 5.52. The number of aliphatic carboxylic acids is 1. The number of benzene rings is 2. The van der Waals surface area contributed by atoms with Gasteiger partial charge in [0.25, 0.3) is 0 Å². The summed E-state index contributed by atoms with van der Waals surface area (Å²) >= 11 is 0. The zero-order chi connectivity index (χ0) is 24.8. The average Bonchev–Trinajstić information content (AvgIpc) is 3.48. The number of H-pyrrole nitrogens is 1. The van der Waals surface area contributed by atoms with E-state index in [4.69, 9.17) is 14.6 Å². The molecule has 9 heteroatoms. The molecule has 182 valence electrons. The van der Waals surface area contributed by atoms with Crippen LogP contribution in [0.5, 0.6) is 0 Å². The first kappa shape index (κ1) is 24.0. The molecule has 1 aliphatic carbocycles. The molecule has 3 aromatic rings. The molecule has 1 aromatic heterocycles. The molecule has 0 spiro atoms. The largest absolute Gasteiger partial charge is 0.479 e. The number of alkyl carbamates (subject to hydrolysis) is 1. The van der Waals surface area contributed by atoms with Crippen LogP contribution < -0.4 is 10.6 Å². The maximum atomic E-state index is 12.8. The van der Waals surface area contributed by atoms with E-state index >= 15 is 0 Å². The van der Waals surface area contributed by atoms with Gasteiger partial charge in [-0.15, -0.1) is 0 Å². The standard InChI is InChI=1S/C26H27N3O6/c1-34-23(25(31)32)14-28-24(30)22(13-16-7-6-12-27-16)29-26(33)35-15-21-19-10-4-2-8-17(19)18-9-3-5-11-20(18)21/h2-12,21-23,27H,13-15H2,1H3,(H,28,30)(H,29,33)(H,31,32). The van der Waals surface area contributed by atoms with Crippen molar-refractivity contribution >= 4 is 18.0 Å². The Morgan fingerprint density at radius 3 is 2.23 bits per heavy atom. The van der Waals surface area contributed by atoms with Crippen LogP contribution in [0.3, 0.4) is 0 Å². The van der Waals surface area contributed by atoms with Crippen molar-refractivity contribution in [2.45, 2.75) is 24.5 Å². The molecule has 9 nitrogen and oxygen atoms in total. The van der Waals surface area contributed by atoms with Crippen LogP contribution >= 0.6 is 0 Å². The molecule has 1 heterocycles. The van der Waals surface area contributed by atoms with Gasteiger partial charge < -0.3 is 30.2 Å². The molecule has 2 unspecified atom stereocenters. The van der Waals surface area contributed by atoms with Crippen LogP contribution in [0.25, 0.3) is 11.1 Å². The number of carboxylic acid groups (broad SMARTS) is 1. The first-order valence-electron chi connectivity index (χ1n) is 11.2. The SMILES string of the molecule is COC(CNC(=O)C(Cc1ccc[nH]1)NC(=O)OCC1c2ccccc2-c2ccccc21)C(=O)O. The number of ether oxygens (including phenoxy) is 2. The lowest BCUT2D eigenvalue weighted by molar-refractivity contribution is -0.148. The number of amides is 2. The van der Waals surface area contributed by atoms with Gasteiger partial charge >= 0.3 is 12.1 Å². The minimum atomic E-state index is -1.20. The zero-order valence-electron chi connectivity index (χ0n) is 19.2. The van der Waals surface area contributed by atoms with Gasteiger partial charge in [-0.25, -0.2) is 9.59 Å². The van der Waals surface area contributed by atoms with Crippen molar-refractivity contribution in [1.82, 2.24) is 15.6 Å². The number of carboxylic acids is 1. The Bertz CT molecular complexity index is 1150. The predicted molar refractivity (Wildman–Crippen MR) is 128 cm³/mol. The second kappa shape index (κ2) is 10.9. The van der Waals surface area contributed by atoms with Gasteiger partial charge in [-0.2, -0.15) is 0 Å². The van der Waals surface area contributed by atoms with E-state index in [1.54, 1.807) is 18.3 Å². The van der Waals surface area contributed by atoms with E-state index in [2.05, 4.69) is 27.8 Å². The summed E-state index contributed by atoms with van der Waals surface area (Å²) in [6.45, 7) is -0.125. The van der Waals surface area contributed by atoms with Gasteiger partial charge in [-0.05, 0) is 34.4 Å². The average molecular weight is 478 g/mol. The fraction of sp³-hybridized carbons (Fsp3) is 0.269. The third-order valence-corrected chi connectivity index (χ3v) is 6.06. The summed E-state index contributed by atoms with van der Waals surface area (Å²) in [5.74, 6) is -1.85. The molecule has 35 heavy (non-hydrogen) atoms. The van der Waals surface area contributed by atoms with E-state index in [9.17, 15) is 14.4 Å². The maximum absolute atomic E-state index is 12.8. The van der Waals surface area contributed by atoms with E-state index in [1.807, 2.05) is 36.4 Å². The summed E-state index contributed by atoms with van der Waals surface area (Å²) in [7, 11) is 1.25. The molecule has 0 radical (unpaired) electrons. The number of hydrogen-bond acceptors (Lipinski definition) is 5. The number of aromatic nitrogens is 1. The van der Waals surface area contributed by atoms with E-state index in [1.165, 1.54) is 7.11 Å². The van der Waals surface area contributed by atoms with Crippen molar-refractivity contribution in [3.05, 3.63) is 83.7 Å². The van der Waals surface area contributed by atoms with Gasteiger partial charge in [0.2, 0.25) is 5.91 Å². The van der Waals surface area contributed by atoms with Crippen LogP contribution in [0, 0.1) is 0 Å². The van der Waals surface area contributed by atoms with Crippen molar-refractivity contribution in [1.29, 1.82) is 0 Å². The quantitative estimate of drug-likeness (QED) is 0.355. The normalized spacial score (nSPS) is 13.9. The smallest absolute Gasteiger partial charge is 0.407 e. The molecule has 0 saturated carbocycles. The highest BCUT2D eigenvalue weighted by molar-refractivity contribution is 5.86. The lowest BCUT2D eigenvalue weighted by Crippen LogP contribution is -2.50. The number of carbonyl (C=O) groups excluding carboxylic acids is 2. The Kier molecular flexibility index (Phi) is 7.47. The molecular weight excluding hydrogens is 450 g/mol. The summed E-state index contributed by atoms with van der Waals surface area (Å²) in [4.78, 5) is 39.7. The minimum absolute atomic E-state index is 0.109. The van der Waals surface area contributed by atoms with Crippen LogP contribution in [0.2, 0.25) is 0 Å². The first-order chi connectivity index (χ1) is 17.0. The molecule has 2 amide bonds. The summed E-state index contributed by atoms with van der Waals surface area (Å²) in [5.41, 5.74) is 5.13. The third-order valence-electron chi connectivity index (χ3n) is 6.06. The Labute approximate surface area is 202 Å². The van der Waals surface area contributed by atoms with Gasteiger partial charge in [0.15, 0.2) is 6.10 Å². The highest BCUT2D eigenvalue weighted by Crippen LogP contribution is 2.44. The number of fused-ring (bicyclic) bond motifs is 3. The van der Waals surface area contributed by atoms with Crippen LogP contribution in [0.1, 0.15) is 22.7 Å². The molecule has 0 fully saturated rings. The highest BCUT2D eigenvalue weighted by atomic mass is 16.5. The van der Waals surface area contributed by atoms with E-state index < -0.39 is 30.1 Å². The van der Waals surface area contributed by atoms with Gasteiger partial charge in [0.1, 0.15) is 12.6 Å². The number of carbonyl (C=O) groups is 3. The number of methoxy groups -OCH3 is 1. The van der Waals surface area contributed by atoms with Crippen molar-refractivity contribution in [3.63, 3.8) is 0 Å². The molecular formula is C26H27N3O6. The second-order valence-corrected chi connectivity index (χ2v) is 8.23. The molecule has 4 rings (SSSR count). The maximum Gasteiger partial charge on any atom is 0.407 e. The van der Waals surface area contributed by atoms with Crippen LogP contribution in [0.4, 0.5) is 4.79 Å².